The summed E-state index contributed by atoms with van der Waals surface area (Å²) in [6, 6.07) is 7.38. The summed E-state index contributed by atoms with van der Waals surface area (Å²) < 4.78 is 10.7. The average Bonchev–Trinajstić information content (AvgIpc) is 2.47. The number of hydrogen-bond acceptors (Lipinski definition) is 4. The van der Waals surface area contributed by atoms with E-state index in [4.69, 9.17) is 21.1 Å². The van der Waals surface area contributed by atoms with Crippen molar-refractivity contribution in [2.75, 3.05) is 26.1 Å². The van der Waals surface area contributed by atoms with Crippen molar-refractivity contribution in [2.45, 2.75) is 23.5 Å². The van der Waals surface area contributed by atoms with Gasteiger partial charge in [-0.05, 0) is 30.7 Å². The van der Waals surface area contributed by atoms with Crippen LogP contribution in [0.25, 0.3) is 0 Å². The Morgan fingerprint density at radius 3 is 2.95 bits per heavy atom. The largest absolute Gasteiger partial charge is 0.379 e. The monoisotopic (exact) mass is 315 g/mol. The van der Waals surface area contributed by atoms with Crippen LogP contribution < -0.4 is 5.32 Å². The first-order valence-corrected chi connectivity index (χ1v) is 7.83. The first-order chi connectivity index (χ1) is 9.69. The van der Waals surface area contributed by atoms with E-state index in [9.17, 15) is 4.79 Å². The molecule has 1 N–H and O–H groups in total. The molecule has 1 fully saturated rings. The number of carbonyl (C=O) groups excluding carboxylic acids is 1. The SMILES string of the molecule is CO[C@@H]1CCOC[C@H]1NC(=O)CSc1ccc(Cl)cc1. The summed E-state index contributed by atoms with van der Waals surface area (Å²) in [6.45, 7) is 1.19. The van der Waals surface area contributed by atoms with Crippen LogP contribution in [0.2, 0.25) is 5.02 Å². The predicted molar refractivity (Wildman–Crippen MR) is 80.3 cm³/mol. The lowest BCUT2D eigenvalue weighted by Gasteiger charge is -2.30. The van der Waals surface area contributed by atoms with Gasteiger partial charge in [0.25, 0.3) is 0 Å². The highest BCUT2D eigenvalue weighted by atomic mass is 35.5. The van der Waals surface area contributed by atoms with E-state index < -0.39 is 0 Å². The molecule has 4 nitrogen and oxygen atoms in total. The second-order valence-electron chi connectivity index (χ2n) is 4.55. The summed E-state index contributed by atoms with van der Waals surface area (Å²) in [5, 5.41) is 3.66. The molecule has 0 spiro atoms. The van der Waals surface area contributed by atoms with Gasteiger partial charge in [0.2, 0.25) is 5.91 Å². The maximum atomic E-state index is 11.9. The zero-order valence-electron chi connectivity index (χ0n) is 11.3. The maximum Gasteiger partial charge on any atom is 0.230 e. The van der Waals surface area contributed by atoms with Gasteiger partial charge in [-0.25, -0.2) is 0 Å². The van der Waals surface area contributed by atoms with Crippen LogP contribution in [-0.4, -0.2) is 44.1 Å². The van der Waals surface area contributed by atoms with Gasteiger partial charge >= 0.3 is 0 Å². The number of halogens is 1. The van der Waals surface area contributed by atoms with Crippen molar-refractivity contribution in [3.8, 4) is 0 Å². The zero-order chi connectivity index (χ0) is 14.4. The van der Waals surface area contributed by atoms with Crippen LogP contribution in [0.3, 0.4) is 0 Å². The quantitative estimate of drug-likeness (QED) is 0.847. The number of carbonyl (C=O) groups is 1. The summed E-state index contributed by atoms with van der Waals surface area (Å²) in [7, 11) is 1.66. The highest BCUT2D eigenvalue weighted by Crippen LogP contribution is 2.20. The van der Waals surface area contributed by atoms with Gasteiger partial charge in [0, 0.05) is 23.6 Å². The summed E-state index contributed by atoms with van der Waals surface area (Å²) >= 11 is 7.30. The van der Waals surface area contributed by atoms with Crippen LogP contribution in [0.4, 0.5) is 0 Å². The molecule has 1 aromatic carbocycles. The molecule has 1 amide bonds. The topological polar surface area (TPSA) is 47.6 Å². The summed E-state index contributed by atoms with van der Waals surface area (Å²) in [5.74, 6) is 0.358. The van der Waals surface area contributed by atoms with Gasteiger partial charge in [-0.1, -0.05) is 11.6 Å². The second kappa shape index (κ2) is 7.88. The molecule has 2 atom stereocenters. The minimum absolute atomic E-state index is 0.0116. The van der Waals surface area contributed by atoms with Crippen LogP contribution >= 0.6 is 23.4 Å². The third kappa shape index (κ3) is 4.66. The molecular formula is C14H18ClNO3S. The summed E-state index contributed by atoms with van der Waals surface area (Å²) in [5.41, 5.74) is 0. The lowest BCUT2D eigenvalue weighted by molar-refractivity contribution is -0.122. The molecule has 0 radical (unpaired) electrons. The van der Waals surface area contributed by atoms with Crippen LogP contribution in [0.15, 0.2) is 29.2 Å². The standard InChI is InChI=1S/C14H18ClNO3S/c1-18-13-6-7-19-8-12(13)16-14(17)9-20-11-4-2-10(15)3-5-11/h2-5,12-13H,6-9H2,1H3,(H,16,17)/t12-,13-/m1/s1. The van der Waals surface area contributed by atoms with Gasteiger partial charge in [0.05, 0.1) is 24.5 Å². The van der Waals surface area contributed by atoms with E-state index in [1.807, 2.05) is 24.3 Å². The van der Waals surface area contributed by atoms with Crippen molar-refractivity contribution in [3.05, 3.63) is 29.3 Å². The number of benzene rings is 1. The van der Waals surface area contributed by atoms with Gasteiger partial charge in [0.15, 0.2) is 0 Å². The first kappa shape index (κ1) is 15.6. The van der Waals surface area contributed by atoms with Crippen molar-refractivity contribution in [1.29, 1.82) is 0 Å². The highest BCUT2D eigenvalue weighted by Gasteiger charge is 2.26. The molecule has 0 bridgehead atoms. The molecule has 20 heavy (non-hydrogen) atoms. The fraction of sp³-hybridized carbons (Fsp3) is 0.500. The number of ether oxygens (including phenoxy) is 2. The Hall–Kier alpha value is -0.750. The van der Waals surface area contributed by atoms with Crippen molar-refractivity contribution >= 4 is 29.3 Å². The number of rotatable bonds is 5. The van der Waals surface area contributed by atoms with Gasteiger partial charge in [-0.3, -0.25) is 4.79 Å². The number of nitrogens with one attached hydrogen (secondary N) is 1. The third-order valence-corrected chi connectivity index (χ3v) is 4.39. The van der Waals surface area contributed by atoms with Gasteiger partial charge in [0.1, 0.15) is 0 Å². The van der Waals surface area contributed by atoms with Crippen molar-refractivity contribution in [3.63, 3.8) is 0 Å². The minimum atomic E-state index is -0.0629. The molecule has 6 heteroatoms. The Morgan fingerprint density at radius 2 is 2.25 bits per heavy atom. The Labute approximate surface area is 128 Å². The van der Waals surface area contributed by atoms with Crippen LogP contribution in [0, 0.1) is 0 Å². The van der Waals surface area contributed by atoms with E-state index in [1.54, 1.807) is 7.11 Å². The van der Waals surface area contributed by atoms with Gasteiger partial charge < -0.3 is 14.8 Å². The van der Waals surface area contributed by atoms with Crippen LogP contribution in [0.1, 0.15) is 6.42 Å². The Balaban J connectivity index is 1.78. The molecule has 2 rings (SSSR count). The summed E-state index contributed by atoms with van der Waals surface area (Å²) in [6.07, 6.45) is 0.847. The fourth-order valence-corrected chi connectivity index (χ4v) is 2.90. The smallest absolute Gasteiger partial charge is 0.230 e. The molecule has 0 aromatic heterocycles. The molecule has 1 aliphatic heterocycles. The lowest BCUT2D eigenvalue weighted by Crippen LogP contribution is -2.50. The normalized spacial score (nSPS) is 22.5. The maximum absolute atomic E-state index is 11.9. The van der Waals surface area contributed by atoms with E-state index in [1.165, 1.54) is 11.8 Å². The second-order valence-corrected chi connectivity index (χ2v) is 6.04. The van der Waals surface area contributed by atoms with Gasteiger partial charge in [-0.15, -0.1) is 11.8 Å². The van der Waals surface area contributed by atoms with Crippen LogP contribution in [-0.2, 0) is 14.3 Å². The molecule has 1 aromatic rings. The Bertz CT molecular complexity index is 441. The molecule has 0 aliphatic carbocycles. The molecule has 0 unspecified atom stereocenters. The lowest BCUT2D eigenvalue weighted by atomic mass is 10.1. The van der Waals surface area contributed by atoms with E-state index in [0.29, 0.717) is 24.0 Å². The van der Waals surface area contributed by atoms with E-state index in [0.717, 1.165) is 11.3 Å². The number of thioether (sulfide) groups is 1. The first-order valence-electron chi connectivity index (χ1n) is 6.47. The molecule has 1 heterocycles. The molecule has 1 saturated heterocycles. The molecule has 110 valence electrons. The van der Waals surface area contributed by atoms with Crippen molar-refractivity contribution in [2.24, 2.45) is 0 Å². The number of hydrogen-bond donors (Lipinski definition) is 1. The molecule has 0 saturated carbocycles. The summed E-state index contributed by atoms with van der Waals surface area (Å²) in [4.78, 5) is 13.0. The number of methoxy groups -OCH3 is 1. The average molecular weight is 316 g/mol. The predicted octanol–water partition coefficient (Wildman–Crippen LogP) is 2.35. The molecule has 1 aliphatic rings. The van der Waals surface area contributed by atoms with Gasteiger partial charge in [-0.2, -0.15) is 0 Å². The molecular weight excluding hydrogens is 298 g/mol. The fourth-order valence-electron chi connectivity index (χ4n) is 2.06. The van der Waals surface area contributed by atoms with Crippen molar-refractivity contribution in [1.82, 2.24) is 5.32 Å². The van der Waals surface area contributed by atoms with E-state index >= 15 is 0 Å². The van der Waals surface area contributed by atoms with Crippen molar-refractivity contribution < 1.29 is 14.3 Å². The van der Waals surface area contributed by atoms with E-state index in [2.05, 4.69) is 5.32 Å². The van der Waals surface area contributed by atoms with Crippen LogP contribution in [0.5, 0.6) is 0 Å². The zero-order valence-corrected chi connectivity index (χ0v) is 12.9. The minimum Gasteiger partial charge on any atom is -0.379 e. The number of amides is 1. The third-order valence-electron chi connectivity index (χ3n) is 3.13. The van der Waals surface area contributed by atoms with E-state index in [-0.39, 0.29) is 18.1 Å². The Kier molecular flexibility index (Phi) is 6.16. The Morgan fingerprint density at radius 1 is 1.50 bits per heavy atom. The highest BCUT2D eigenvalue weighted by molar-refractivity contribution is 8.00.